The van der Waals surface area contributed by atoms with Crippen LogP contribution in [0.5, 0.6) is 0 Å². The molecular weight excluding hydrogens is 190 g/mol. The molecule has 0 fully saturated rings. The molecule has 0 aliphatic rings. The first kappa shape index (κ1) is 10.5. The molecule has 1 unspecified atom stereocenters. The van der Waals surface area contributed by atoms with Crippen molar-refractivity contribution in [1.82, 2.24) is 15.1 Å². The van der Waals surface area contributed by atoms with E-state index in [2.05, 4.69) is 15.4 Å². The summed E-state index contributed by atoms with van der Waals surface area (Å²) in [4.78, 5) is 13.9. The highest BCUT2D eigenvalue weighted by Gasteiger charge is 2.13. The summed E-state index contributed by atoms with van der Waals surface area (Å²) in [6.45, 7) is -0.143. The average Bonchev–Trinajstić information content (AvgIpc) is 2.65. The molecule has 78 valence electrons. The smallest absolute Gasteiger partial charge is 0.248 e. The number of nitroso groups, excluding NO2 is 1. The third-order valence-corrected chi connectivity index (χ3v) is 1.52. The zero-order chi connectivity index (χ0) is 10.6. The molecule has 0 saturated carbocycles. The van der Waals surface area contributed by atoms with Gasteiger partial charge in [-0.05, 0) is 0 Å². The molecule has 3 N–H and O–H groups in total. The van der Waals surface area contributed by atoms with Crippen molar-refractivity contribution in [2.24, 2.45) is 11.0 Å². The minimum Gasteiger partial charge on any atom is -0.394 e. The number of hydrogen-bond acceptors (Lipinski definition) is 7. The van der Waals surface area contributed by atoms with Crippen molar-refractivity contribution in [3.63, 3.8) is 0 Å². The molecule has 0 bridgehead atoms. The number of aromatic nitrogens is 2. The van der Waals surface area contributed by atoms with Crippen LogP contribution in [0.2, 0.25) is 0 Å². The Morgan fingerprint density at radius 2 is 2.50 bits per heavy atom. The number of aliphatic hydroxyl groups excluding tert-OH is 1. The van der Waals surface area contributed by atoms with Crippen molar-refractivity contribution in [3.8, 4) is 0 Å². The van der Waals surface area contributed by atoms with Gasteiger partial charge in [0.15, 0.2) is 5.82 Å². The number of hydrogen-bond donors (Lipinski definition) is 2. The van der Waals surface area contributed by atoms with E-state index >= 15 is 0 Å². The summed E-state index contributed by atoms with van der Waals surface area (Å²) in [6.07, 6.45) is 0. The molecule has 0 aliphatic carbocycles. The van der Waals surface area contributed by atoms with Crippen LogP contribution in [0.25, 0.3) is 0 Å². The van der Waals surface area contributed by atoms with Crippen LogP contribution < -0.4 is 5.73 Å². The predicted molar refractivity (Wildman–Crippen MR) is 45.6 cm³/mol. The Morgan fingerprint density at radius 3 is 3.07 bits per heavy atom. The van der Waals surface area contributed by atoms with Gasteiger partial charge in [0.05, 0.1) is 17.9 Å². The summed E-state index contributed by atoms with van der Waals surface area (Å²) in [6, 6.07) is -0.665. The standard InChI is InChI=1S/C6H11N5O3/c1-11(10-13)2-5-8-6(9-14-5)4(7)3-12/h4,12H,2-3,7H2,1H3. The SMILES string of the molecule is CN(Cc1nc(C(N)CO)no1)N=O. The number of nitrogens with two attached hydrogens (primary N) is 1. The fourth-order valence-corrected chi connectivity index (χ4v) is 0.789. The van der Waals surface area contributed by atoms with E-state index in [0.29, 0.717) is 0 Å². The van der Waals surface area contributed by atoms with E-state index in [1.165, 1.54) is 7.05 Å². The second-order valence-electron chi connectivity index (χ2n) is 2.73. The van der Waals surface area contributed by atoms with Gasteiger partial charge < -0.3 is 15.4 Å². The Bertz CT molecular complexity index is 301. The maximum absolute atomic E-state index is 10.0. The third kappa shape index (κ3) is 2.47. The molecule has 0 radical (unpaired) electrons. The van der Waals surface area contributed by atoms with Crippen LogP contribution in [0.4, 0.5) is 0 Å². The Kier molecular flexibility index (Phi) is 3.48. The summed E-state index contributed by atoms with van der Waals surface area (Å²) >= 11 is 0. The molecule has 1 aromatic rings. The Morgan fingerprint density at radius 1 is 1.79 bits per heavy atom. The predicted octanol–water partition coefficient (Wildman–Crippen LogP) is -0.825. The molecule has 14 heavy (non-hydrogen) atoms. The summed E-state index contributed by atoms with van der Waals surface area (Å²) in [5, 5.41) is 16.0. The number of rotatable bonds is 5. The zero-order valence-corrected chi connectivity index (χ0v) is 7.62. The minimum atomic E-state index is -0.665. The fraction of sp³-hybridized carbons (Fsp3) is 0.667. The molecule has 1 atom stereocenters. The first-order chi connectivity index (χ1) is 6.67. The van der Waals surface area contributed by atoms with E-state index in [4.69, 9.17) is 15.4 Å². The molecule has 0 saturated heterocycles. The van der Waals surface area contributed by atoms with E-state index < -0.39 is 6.04 Å². The van der Waals surface area contributed by atoms with Crippen molar-refractivity contribution >= 4 is 0 Å². The van der Waals surface area contributed by atoms with E-state index in [-0.39, 0.29) is 24.9 Å². The molecule has 1 rings (SSSR count). The maximum atomic E-state index is 10.0. The lowest BCUT2D eigenvalue weighted by Gasteiger charge is -2.02. The number of nitrogens with zero attached hydrogens (tertiary/aromatic N) is 4. The quantitative estimate of drug-likeness (QED) is 0.471. The van der Waals surface area contributed by atoms with Crippen molar-refractivity contribution in [3.05, 3.63) is 16.6 Å². The lowest BCUT2D eigenvalue weighted by atomic mass is 10.3. The molecule has 1 heterocycles. The van der Waals surface area contributed by atoms with Gasteiger partial charge in [0.2, 0.25) is 5.89 Å². The van der Waals surface area contributed by atoms with Gasteiger partial charge in [-0.1, -0.05) is 5.16 Å². The highest BCUT2D eigenvalue weighted by atomic mass is 16.5. The maximum Gasteiger partial charge on any atom is 0.248 e. The molecule has 8 heteroatoms. The normalized spacial score (nSPS) is 12.5. The topological polar surface area (TPSA) is 118 Å². The summed E-state index contributed by atoms with van der Waals surface area (Å²) in [7, 11) is 1.48. The fourth-order valence-electron chi connectivity index (χ4n) is 0.789. The summed E-state index contributed by atoms with van der Waals surface area (Å²) < 4.78 is 4.77. The van der Waals surface area contributed by atoms with Crippen LogP contribution in [-0.2, 0) is 6.54 Å². The van der Waals surface area contributed by atoms with Crippen molar-refractivity contribution in [2.45, 2.75) is 12.6 Å². The Balaban J connectivity index is 2.63. The second kappa shape index (κ2) is 4.63. The summed E-state index contributed by atoms with van der Waals surface area (Å²) in [5.41, 5.74) is 5.44. The van der Waals surface area contributed by atoms with Crippen molar-refractivity contribution in [2.75, 3.05) is 13.7 Å². The Hall–Kier alpha value is -1.54. The third-order valence-electron chi connectivity index (χ3n) is 1.52. The van der Waals surface area contributed by atoms with Gasteiger partial charge in [-0.2, -0.15) is 4.98 Å². The first-order valence-corrected chi connectivity index (χ1v) is 3.90. The highest BCUT2D eigenvalue weighted by Crippen LogP contribution is 2.06. The van der Waals surface area contributed by atoms with Gasteiger partial charge in [-0.3, -0.25) is 5.01 Å². The first-order valence-electron chi connectivity index (χ1n) is 3.90. The van der Waals surface area contributed by atoms with E-state index in [1.807, 2.05) is 0 Å². The van der Waals surface area contributed by atoms with Gasteiger partial charge in [0.25, 0.3) is 0 Å². The molecule has 0 aliphatic heterocycles. The van der Waals surface area contributed by atoms with Crippen LogP contribution in [0.15, 0.2) is 9.81 Å². The lowest BCUT2D eigenvalue weighted by molar-refractivity contribution is 0.255. The van der Waals surface area contributed by atoms with Gasteiger partial charge in [0.1, 0.15) is 6.54 Å². The van der Waals surface area contributed by atoms with Gasteiger partial charge in [-0.15, -0.1) is 4.91 Å². The molecule has 0 aromatic carbocycles. The van der Waals surface area contributed by atoms with Crippen molar-refractivity contribution < 1.29 is 9.63 Å². The molecular formula is C6H11N5O3. The largest absolute Gasteiger partial charge is 0.394 e. The van der Waals surface area contributed by atoms with E-state index in [9.17, 15) is 4.91 Å². The highest BCUT2D eigenvalue weighted by molar-refractivity contribution is 4.92. The molecule has 8 nitrogen and oxygen atoms in total. The van der Waals surface area contributed by atoms with Crippen molar-refractivity contribution in [1.29, 1.82) is 0 Å². The van der Waals surface area contributed by atoms with Gasteiger partial charge >= 0.3 is 0 Å². The summed E-state index contributed by atoms with van der Waals surface area (Å²) in [5.74, 6) is 0.438. The minimum absolute atomic E-state index is 0.120. The van der Waals surface area contributed by atoms with E-state index in [0.717, 1.165) is 5.01 Å². The van der Waals surface area contributed by atoms with Crippen LogP contribution in [0, 0.1) is 4.91 Å². The zero-order valence-electron chi connectivity index (χ0n) is 7.62. The molecule has 0 amide bonds. The van der Waals surface area contributed by atoms with E-state index in [1.54, 1.807) is 0 Å². The second-order valence-corrected chi connectivity index (χ2v) is 2.73. The van der Waals surface area contributed by atoms with Gasteiger partial charge in [0, 0.05) is 7.05 Å². The monoisotopic (exact) mass is 201 g/mol. The lowest BCUT2D eigenvalue weighted by Crippen LogP contribution is -2.16. The van der Waals surface area contributed by atoms with Crippen LogP contribution in [0.1, 0.15) is 17.8 Å². The number of aliphatic hydroxyl groups is 1. The van der Waals surface area contributed by atoms with Crippen LogP contribution in [-0.4, -0.2) is 33.9 Å². The van der Waals surface area contributed by atoms with Crippen LogP contribution >= 0.6 is 0 Å². The van der Waals surface area contributed by atoms with Crippen LogP contribution in [0.3, 0.4) is 0 Å². The molecule has 0 spiro atoms. The molecule has 1 aromatic heterocycles. The van der Waals surface area contributed by atoms with Gasteiger partial charge in [-0.25, -0.2) is 0 Å². The average molecular weight is 201 g/mol. The Labute approximate surface area is 79.6 Å².